The molecule has 0 radical (unpaired) electrons. The Bertz CT molecular complexity index is 853. The van der Waals surface area contributed by atoms with E-state index in [1.807, 2.05) is 0 Å². The number of likely N-dealkylation sites (tertiary alicyclic amines) is 1. The van der Waals surface area contributed by atoms with Gasteiger partial charge in [0.05, 0.1) is 6.04 Å². The van der Waals surface area contributed by atoms with Gasteiger partial charge in [-0.1, -0.05) is 99.6 Å². The van der Waals surface area contributed by atoms with Crippen molar-refractivity contribution in [2.24, 2.45) is 0 Å². The first-order chi connectivity index (χ1) is 13.5. The van der Waals surface area contributed by atoms with Gasteiger partial charge in [-0.25, -0.2) is 0 Å². The summed E-state index contributed by atoms with van der Waals surface area (Å²) < 4.78 is 6.42. The summed E-state index contributed by atoms with van der Waals surface area (Å²) in [6.07, 6.45) is 0.235. The molecule has 3 aromatic rings. The number of ether oxygens (including phenoxy) is 1. The lowest BCUT2D eigenvalue weighted by molar-refractivity contribution is -0.000606. The molecule has 1 heterocycles. The van der Waals surface area contributed by atoms with Gasteiger partial charge >= 0.3 is 0 Å². The van der Waals surface area contributed by atoms with Crippen molar-refractivity contribution in [2.45, 2.75) is 38.3 Å². The van der Waals surface area contributed by atoms with Gasteiger partial charge in [0.1, 0.15) is 11.9 Å². The second-order valence-corrected chi connectivity index (χ2v) is 8.66. The minimum atomic E-state index is 0.0800. The molecule has 0 amide bonds. The Balaban J connectivity index is 1.50. The van der Waals surface area contributed by atoms with Gasteiger partial charge in [-0.15, -0.1) is 0 Å². The average molecular weight is 372 g/mol. The number of para-hydroxylation sites is 1. The fourth-order valence-electron chi connectivity index (χ4n) is 4.01. The van der Waals surface area contributed by atoms with E-state index in [9.17, 15) is 0 Å². The van der Waals surface area contributed by atoms with Crippen LogP contribution < -0.4 is 4.74 Å². The summed E-state index contributed by atoms with van der Waals surface area (Å²) in [7, 11) is 0. The molecule has 1 fully saturated rings. The normalized spacial score (nSPS) is 15.4. The Hall–Kier alpha value is -2.58. The highest BCUT2D eigenvalue weighted by Crippen LogP contribution is 2.36. The standard InChI is InChI=1S/C26H29NO/c1-26(2,3)23-16-10-11-17-24(23)28-22-18-27(19-22)25(20-12-6-4-7-13-20)21-14-8-5-9-15-21/h4-17,22,25H,18-19H2,1-3H3. The Kier molecular flexibility index (Phi) is 5.23. The first-order valence-corrected chi connectivity index (χ1v) is 10.1. The highest BCUT2D eigenvalue weighted by molar-refractivity contribution is 5.39. The van der Waals surface area contributed by atoms with Crippen molar-refractivity contribution >= 4 is 0 Å². The van der Waals surface area contributed by atoms with Crippen molar-refractivity contribution < 1.29 is 4.74 Å². The minimum Gasteiger partial charge on any atom is -0.487 e. The predicted octanol–water partition coefficient (Wildman–Crippen LogP) is 5.84. The van der Waals surface area contributed by atoms with E-state index >= 15 is 0 Å². The van der Waals surface area contributed by atoms with E-state index in [1.54, 1.807) is 0 Å². The minimum absolute atomic E-state index is 0.0800. The zero-order chi connectivity index (χ0) is 19.6. The van der Waals surface area contributed by atoms with Crippen molar-refractivity contribution in [3.05, 3.63) is 102 Å². The molecule has 28 heavy (non-hydrogen) atoms. The molecule has 0 aliphatic carbocycles. The Morgan fingerprint density at radius 1 is 0.750 bits per heavy atom. The molecule has 1 aliphatic rings. The molecular weight excluding hydrogens is 342 g/mol. The molecule has 0 bridgehead atoms. The zero-order valence-electron chi connectivity index (χ0n) is 17.0. The van der Waals surface area contributed by atoms with Gasteiger partial charge < -0.3 is 4.74 Å². The summed E-state index contributed by atoms with van der Waals surface area (Å²) in [5.41, 5.74) is 4.03. The number of benzene rings is 3. The first-order valence-electron chi connectivity index (χ1n) is 10.1. The molecule has 0 atom stereocenters. The molecule has 2 heteroatoms. The van der Waals surface area contributed by atoms with E-state index in [0.717, 1.165) is 18.8 Å². The van der Waals surface area contributed by atoms with E-state index in [2.05, 4.69) is 111 Å². The molecule has 0 unspecified atom stereocenters. The van der Waals surface area contributed by atoms with E-state index in [1.165, 1.54) is 16.7 Å². The Labute approximate surface area is 168 Å². The molecule has 1 aliphatic heterocycles. The lowest BCUT2D eigenvalue weighted by Crippen LogP contribution is -2.55. The van der Waals surface area contributed by atoms with E-state index < -0.39 is 0 Å². The zero-order valence-corrected chi connectivity index (χ0v) is 17.0. The molecular formula is C26H29NO. The molecule has 1 saturated heterocycles. The highest BCUT2D eigenvalue weighted by Gasteiger charge is 2.36. The lowest BCUT2D eigenvalue weighted by Gasteiger charge is -2.44. The fourth-order valence-corrected chi connectivity index (χ4v) is 4.01. The van der Waals surface area contributed by atoms with Crippen LogP contribution in [0.2, 0.25) is 0 Å². The third kappa shape index (κ3) is 3.98. The van der Waals surface area contributed by atoms with Crippen LogP contribution in [-0.4, -0.2) is 24.1 Å². The van der Waals surface area contributed by atoms with Crippen LogP contribution in [0.1, 0.15) is 43.5 Å². The van der Waals surface area contributed by atoms with Crippen LogP contribution in [0.25, 0.3) is 0 Å². The molecule has 0 spiro atoms. The van der Waals surface area contributed by atoms with E-state index in [4.69, 9.17) is 4.74 Å². The monoisotopic (exact) mass is 371 g/mol. The third-order valence-electron chi connectivity index (χ3n) is 5.46. The first kappa shape index (κ1) is 18.8. The summed E-state index contributed by atoms with van der Waals surface area (Å²) in [5, 5.41) is 0. The summed E-state index contributed by atoms with van der Waals surface area (Å²) in [4.78, 5) is 2.51. The molecule has 4 rings (SSSR count). The van der Waals surface area contributed by atoms with Crippen LogP contribution >= 0.6 is 0 Å². The molecule has 0 N–H and O–H groups in total. The van der Waals surface area contributed by atoms with E-state index in [0.29, 0.717) is 0 Å². The maximum Gasteiger partial charge on any atom is 0.124 e. The van der Waals surface area contributed by atoms with Gasteiger partial charge in [-0.2, -0.15) is 0 Å². The maximum absolute atomic E-state index is 6.42. The quantitative estimate of drug-likeness (QED) is 0.559. The van der Waals surface area contributed by atoms with Crippen LogP contribution in [0.5, 0.6) is 5.75 Å². The topological polar surface area (TPSA) is 12.5 Å². The SMILES string of the molecule is CC(C)(C)c1ccccc1OC1CN(C(c2ccccc2)c2ccccc2)C1. The van der Waals surface area contributed by atoms with Crippen LogP contribution in [-0.2, 0) is 5.41 Å². The number of hydrogen-bond acceptors (Lipinski definition) is 2. The third-order valence-corrected chi connectivity index (χ3v) is 5.46. The highest BCUT2D eigenvalue weighted by atomic mass is 16.5. The summed E-state index contributed by atoms with van der Waals surface area (Å²) in [5.74, 6) is 1.02. The van der Waals surface area contributed by atoms with Crippen LogP contribution in [0.3, 0.4) is 0 Å². The molecule has 144 valence electrons. The largest absolute Gasteiger partial charge is 0.487 e. The maximum atomic E-state index is 6.42. The molecule has 0 aromatic heterocycles. The number of rotatable bonds is 5. The smallest absolute Gasteiger partial charge is 0.124 e. The molecule has 3 aromatic carbocycles. The van der Waals surface area contributed by atoms with Crippen molar-refractivity contribution in [2.75, 3.05) is 13.1 Å². The second kappa shape index (κ2) is 7.81. The van der Waals surface area contributed by atoms with E-state index in [-0.39, 0.29) is 17.6 Å². The number of hydrogen-bond donors (Lipinski definition) is 0. The van der Waals surface area contributed by atoms with Gasteiger partial charge in [0.15, 0.2) is 0 Å². The summed E-state index contributed by atoms with van der Waals surface area (Å²) >= 11 is 0. The fraction of sp³-hybridized carbons (Fsp3) is 0.308. The van der Waals surface area contributed by atoms with Crippen molar-refractivity contribution in [3.8, 4) is 5.75 Å². The van der Waals surface area contributed by atoms with Gasteiger partial charge in [-0.05, 0) is 28.2 Å². The van der Waals surface area contributed by atoms with Gasteiger partial charge in [0.2, 0.25) is 0 Å². The second-order valence-electron chi connectivity index (χ2n) is 8.66. The van der Waals surface area contributed by atoms with Gasteiger partial charge in [0.25, 0.3) is 0 Å². The van der Waals surface area contributed by atoms with Gasteiger partial charge in [-0.3, -0.25) is 4.90 Å². The Morgan fingerprint density at radius 3 is 1.79 bits per heavy atom. The summed E-state index contributed by atoms with van der Waals surface area (Å²) in [6.45, 7) is 8.59. The lowest BCUT2D eigenvalue weighted by atomic mass is 9.86. The molecule has 2 nitrogen and oxygen atoms in total. The van der Waals surface area contributed by atoms with Crippen LogP contribution in [0, 0.1) is 0 Å². The van der Waals surface area contributed by atoms with Gasteiger partial charge in [0, 0.05) is 13.1 Å². The van der Waals surface area contributed by atoms with Crippen LogP contribution in [0.15, 0.2) is 84.9 Å². The number of nitrogens with zero attached hydrogens (tertiary/aromatic N) is 1. The molecule has 0 saturated carbocycles. The average Bonchev–Trinajstić information content (AvgIpc) is 2.67. The predicted molar refractivity (Wildman–Crippen MR) is 116 cm³/mol. The van der Waals surface area contributed by atoms with Crippen molar-refractivity contribution in [1.82, 2.24) is 4.90 Å². The van der Waals surface area contributed by atoms with Crippen molar-refractivity contribution in [3.63, 3.8) is 0 Å². The summed E-state index contributed by atoms with van der Waals surface area (Å²) in [6, 6.07) is 30.3. The van der Waals surface area contributed by atoms with Crippen molar-refractivity contribution in [1.29, 1.82) is 0 Å². The van der Waals surface area contributed by atoms with Crippen LogP contribution in [0.4, 0.5) is 0 Å². The Morgan fingerprint density at radius 2 is 1.25 bits per heavy atom.